The Balaban J connectivity index is 1.74. The number of hydrogen-bond acceptors (Lipinski definition) is 3. The summed E-state index contributed by atoms with van der Waals surface area (Å²) in [5.41, 5.74) is 6.78. The van der Waals surface area contributed by atoms with Crippen LogP contribution in [0.25, 0.3) is 0 Å². The van der Waals surface area contributed by atoms with Crippen molar-refractivity contribution in [2.75, 3.05) is 6.54 Å². The highest BCUT2D eigenvalue weighted by Crippen LogP contribution is 2.31. The van der Waals surface area contributed by atoms with Crippen molar-refractivity contribution in [2.24, 2.45) is 11.7 Å². The van der Waals surface area contributed by atoms with Crippen molar-refractivity contribution in [3.63, 3.8) is 0 Å². The SMILES string of the molecule is NC(CNC(=O)Cc1ccc(O)cc1)C1CC1. The number of phenols is 1. The zero-order valence-electron chi connectivity index (χ0n) is 9.73. The molecule has 17 heavy (non-hydrogen) atoms. The number of hydrogen-bond donors (Lipinski definition) is 3. The van der Waals surface area contributed by atoms with Gasteiger partial charge in [0.2, 0.25) is 5.91 Å². The van der Waals surface area contributed by atoms with Crippen LogP contribution in [0.5, 0.6) is 5.75 Å². The first kappa shape index (κ1) is 11.9. The molecule has 1 aliphatic rings. The van der Waals surface area contributed by atoms with Crippen LogP contribution in [0.4, 0.5) is 0 Å². The number of rotatable bonds is 5. The average Bonchev–Trinajstić information content (AvgIpc) is 3.13. The van der Waals surface area contributed by atoms with Gasteiger partial charge in [-0.05, 0) is 36.5 Å². The number of nitrogens with two attached hydrogens (primary N) is 1. The zero-order chi connectivity index (χ0) is 12.3. The fourth-order valence-electron chi connectivity index (χ4n) is 1.78. The van der Waals surface area contributed by atoms with Crippen molar-refractivity contribution in [3.8, 4) is 5.75 Å². The molecule has 1 aromatic carbocycles. The molecule has 4 heteroatoms. The molecule has 0 heterocycles. The Morgan fingerprint density at radius 3 is 2.65 bits per heavy atom. The Morgan fingerprint density at radius 2 is 2.06 bits per heavy atom. The van der Waals surface area contributed by atoms with Crippen LogP contribution in [0.15, 0.2) is 24.3 Å². The van der Waals surface area contributed by atoms with E-state index in [9.17, 15) is 4.79 Å². The van der Waals surface area contributed by atoms with E-state index in [-0.39, 0.29) is 17.7 Å². The molecule has 1 aromatic rings. The molecule has 0 spiro atoms. The van der Waals surface area contributed by atoms with Crippen LogP contribution >= 0.6 is 0 Å². The minimum atomic E-state index is -0.0215. The third-order valence-electron chi connectivity index (χ3n) is 3.06. The van der Waals surface area contributed by atoms with Gasteiger partial charge in [0, 0.05) is 12.6 Å². The lowest BCUT2D eigenvalue weighted by Crippen LogP contribution is -2.39. The van der Waals surface area contributed by atoms with E-state index >= 15 is 0 Å². The molecule has 0 radical (unpaired) electrons. The fraction of sp³-hybridized carbons (Fsp3) is 0.462. The zero-order valence-corrected chi connectivity index (χ0v) is 9.73. The molecule has 1 unspecified atom stereocenters. The smallest absolute Gasteiger partial charge is 0.224 e. The summed E-state index contributed by atoms with van der Waals surface area (Å²) in [5.74, 6) is 0.792. The summed E-state index contributed by atoms with van der Waals surface area (Å²) in [6, 6.07) is 6.75. The molecule has 4 nitrogen and oxygen atoms in total. The van der Waals surface area contributed by atoms with Gasteiger partial charge >= 0.3 is 0 Å². The molecule has 0 aromatic heterocycles. The molecule has 1 saturated carbocycles. The summed E-state index contributed by atoms with van der Waals surface area (Å²) in [7, 11) is 0. The van der Waals surface area contributed by atoms with Gasteiger partial charge in [0.15, 0.2) is 0 Å². The fourth-order valence-corrected chi connectivity index (χ4v) is 1.78. The Bertz CT molecular complexity index is 385. The number of carbonyl (C=O) groups is 1. The number of aromatic hydroxyl groups is 1. The minimum Gasteiger partial charge on any atom is -0.508 e. The van der Waals surface area contributed by atoms with E-state index in [1.807, 2.05) is 0 Å². The van der Waals surface area contributed by atoms with Gasteiger partial charge in [-0.15, -0.1) is 0 Å². The van der Waals surface area contributed by atoms with Gasteiger partial charge in [-0.3, -0.25) is 4.79 Å². The number of nitrogens with one attached hydrogen (secondary N) is 1. The molecule has 1 amide bonds. The number of benzene rings is 1. The van der Waals surface area contributed by atoms with Crippen molar-refractivity contribution in [3.05, 3.63) is 29.8 Å². The summed E-state index contributed by atoms with van der Waals surface area (Å²) < 4.78 is 0. The summed E-state index contributed by atoms with van der Waals surface area (Å²) >= 11 is 0. The maximum absolute atomic E-state index is 11.6. The highest BCUT2D eigenvalue weighted by Gasteiger charge is 2.28. The molecule has 0 bridgehead atoms. The largest absolute Gasteiger partial charge is 0.508 e. The number of carbonyl (C=O) groups excluding carboxylic acids is 1. The van der Waals surface area contributed by atoms with Crippen molar-refractivity contribution < 1.29 is 9.90 Å². The molecular formula is C13H18N2O2. The van der Waals surface area contributed by atoms with Crippen molar-refractivity contribution in [2.45, 2.75) is 25.3 Å². The van der Waals surface area contributed by atoms with Gasteiger partial charge < -0.3 is 16.2 Å². The van der Waals surface area contributed by atoms with E-state index in [1.165, 1.54) is 12.8 Å². The Hall–Kier alpha value is -1.55. The van der Waals surface area contributed by atoms with Crippen LogP contribution in [0.3, 0.4) is 0 Å². The van der Waals surface area contributed by atoms with Crippen LogP contribution in [-0.2, 0) is 11.2 Å². The van der Waals surface area contributed by atoms with Gasteiger partial charge in [0.05, 0.1) is 6.42 Å². The second-order valence-electron chi connectivity index (χ2n) is 4.65. The average molecular weight is 234 g/mol. The lowest BCUT2D eigenvalue weighted by Gasteiger charge is -2.11. The highest BCUT2D eigenvalue weighted by atomic mass is 16.3. The first-order valence-corrected chi connectivity index (χ1v) is 5.95. The standard InChI is InChI=1S/C13H18N2O2/c14-12(10-3-4-10)8-15-13(17)7-9-1-5-11(16)6-2-9/h1-2,5-6,10,12,16H,3-4,7-8,14H2,(H,15,17). The number of phenolic OH excluding ortho intramolecular Hbond substituents is 1. The Kier molecular flexibility index (Phi) is 3.64. The first-order valence-electron chi connectivity index (χ1n) is 5.95. The van der Waals surface area contributed by atoms with Crippen molar-refractivity contribution in [1.82, 2.24) is 5.32 Å². The van der Waals surface area contributed by atoms with E-state index in [0.29, 0.717) is 18.9 Å². The second-order valence-corrected chi connectivity index (χ2v) is 4.65. The minimum absolute atomic E-state index is 0.0215. The highest BCUT2D eigenvalue weighted by molar-refractivity contribution is 5.78. The van der Waals surface area contributed by atoms with Crippen LogP contribution in [0.1, 0.15) is 18.4 Å². The van der Waals surface area contributed by atoms with Crippen LogP contribution in [0, 0.1) is 5.92 Å². The normalized spacial score (nSPS) is 16.5. The van der Waals surface area contributed by atoms with Gasteiger partial charge in [0.1, 0.15) is 5.75 Å². The Labute approximate surface area is 101 Å². The van der Waals surface area contributed by atoms with Gasteiger partial charge in [-0.25, -0.2) is 0 Å². The lowest BCUT2D eigenvalue weighted by molar-refractivity contribution is -0.120. The van der Waals surface area contributed by atoms with Crippen molar-refractivity contribution >= 4 is 5.91 Å². The van der Waals surface area contributed by atoms with Crippen molar-refractivity contribution in [1.29, 1.82) is 0 Å². The van der Waals surface area contributed by atoms with Crippen LogP contribution in [0.2, 0.25) is 0 Å². The van der Waals surface area contributed by atoms with Gasteiger partial charge in [-0.1, -0.05) is 12.1 Å². The van der Waals surface area contributed by atoms with Crippen LogP contribution in [-0.4, -0.2) is 23.6 Å². The molecule has 4 N–H and O–H groups in total. The molecule has 92 valence electrons. The number of amides is 1. The predicted octanol–water partition coefficient (Wildman–Crippen LogP) is 0.788. The monoisotopic (exact) mass is 234 g/mol. The molecular weight excluding hydrogens is 216 g/mol. The molecule has 0 aliphatic heterocycles. The van der Waals surface area contributed by atoms with E-state index in [0.717, 1.165) is 5.56 Å². The second kappa shape index (κ2) is 5.19. The van der Waals surface area contributed by atoms with E-state index in [2.05, 4.69) is 5.32 Å². The van der Waals surface area contributed by atoms with Gasteiger partial charge in [-0.2, -0.15) is 0 Å². The quantitative estimate of drug-likeness (QED) is 0.705. The maximum atomic E-state index is 11.6. The molecule has 1 aliphatic carbocycles. The summed E-state index contributed by atoms with van der Waals surface area (Å²) in [6.45, 7) is 0.557. The van der Waals surface area contributed by atoms with E-state index in [4.69, 9.17) is 10.8 Å². The summed E-state index contributed by atoms with van der Waals surface area (Å²) in [6.07, 6.45) is 2.71. The molecule has 2 rings (SSSR count). The summed E-state index contributed by atoms with van der Waals surface area (Å²) in [4.78, 5) is 11.6. The maximum Gasteiger partial charge on any atom is 0.224 e. The predicted molar refractivity (Wildman–Crippen MR) is 65.5 cm³/mol. The molecule has 1 atom stereocenters. The van der Waals surface area contributed by atoms with Gasteiger partial charge in [0.25, 0.3) is 0 Å². The Morgan fingerprint density at radius 1 is 1.41 bits per heavy atom. The van der Waals surface area contributed by atoms with E-state index in [1.54, 1.807) is 24.3 Å². The summed E-state index contributed by atoms with van der Waals surface area (Å²) in [5, 5.41) is 12.0. The first-order chi connectivity index (χ1) is 8.15. The van der Waals surface area contributed by atoms with Crippen LogP contribution < -0.4 is 11.1 Å². The third-order valence-corrected chi connectivity index (χ3v) is 3.06. The third kappa shape index (κ3) is 3.75. The molecule has 1 fully saturated rings. The van der Waals surface area contributed by atoms with E-state index < -0.39 is 0 Å². The molecule has 0 saturated heterocycles. The topological polar surface area (TPSA) is 75.3 Å². The lowest BCUT2D eigenvalue weighted by atomic mass is 10.1.